The molecule has 6 nitrogen and oxygen atoms in total. The van der Waals surface area contributed by atoms with Crippen molar-refractivity contribution in [2.75, 3.05) is 19.0 Å². The number of ether oxygens (including phenoxy) is 1. The van der Waals surface area contributed by atoms with E-state index in [9.17, 15) is 9.59 Å². The van der Waals surface area contributed by atoms with E-state index in [1.54, 1.807) is 36.3 Å². The highest BCUT2D eigenvalue weighted by molar-refractivity contribution is 8.15. The third kappa shape index (κ3) is 6.18. The fourth-order valence-electron chi connectivity index (χ4n) is 3.50. The van der Waals surface area contributed by atoms with Gasteiger partial charge in [0, 0.05) is 23.7 Å². The van der Waals surface area contributed by atoms with Gasteiger partial charge in [0.05, 0.1) is 12.8 Å². The van der Waals surface area contributed by atoms with Crippen LogP contribution in [-0.2, 0) is 16.0 Å². The second-order valence-corrected chi connectivity index (χ2v) is 9.29. The zero-order valence-electron chi connectivity index (χ0n) is 18.6. The second kappa shape index (κ2) is 11.2. The van der Waals surface area contributed by atoms with Gasteiger partial charge in [-0.25, -0.2) is 4.99 Å². The van der Waals surface area contributed by atoms with Crippen LogP contribution in [-0.4, -0.2) is 40.8 Å². The number of thioether (sulfide) groups is 1. The summed E-state index contributed by atoms with van der Waals surface area (Å²) in [6.45, 7) is 0.480. The molecule has 174 valence electrons. The lowest BCUT2D eigenvalue weighted by atomic mass is 10.1. The first kappa shape index (κ1) is 23.9. The molecule has 1 N–H and O–H groups in total. The zero-order valence-corrected chi connectivity index (χ0v) is 20.2. The molecule has 1 fully saturated rings. The highest BCUT2D eigenvalue weighted by atomic mass is 35.5. The highest BCUT2D eigenvalue weighted by Gasteiger charge is 2.35. The van der Waals surface area contributed by atoms with Gasteiger partial charge in [0.2, 0.25) is 11.8 Å². The van der Waals surface area contributed by atoms with Crippen LogP contribution in [0.3, 0.4) is 0 Å². The Bertz CT molecular complexity index is 1190. The molecule has 1 saturated heterocycles. The van der Waals surface area contributed by atoms with Crippen molar-refractivity contribution in [1.29, 1.82) is 0 Å². The van der Waals surface area contributed by atoms with Crippen LogP contribution < -0.4 is 10.1 Å². The van der Waals surface area contributed by atoms with Gasteiger partial charge in [0.25, 0.3) is 0 Å². The maximum Gasteiger partial charge on any atom is 0.238 e. The number of nitrogens with one attached hydrogen (secondary N) is 1. The summed E-state index contributed by atoms with van der Waals surface area (Å²) in [7, 11) is 1.60. The summed E-state index contributed by atoms with van der Waals surface area (Å²) in [6, 6.07) is 24.2. The topological polar surface area (TPSA) is 71.0 Å². The number of rotatable bonds is 7. The summed E-state index contributed by atoms with van der Waals surface area (Å²) >= 11 is 7.32. The minimum atomic E-state index is -0.601. The molecule has 4 rings (SSSR count). The van der Waals surface area contributed by atoms with Crippen LogP contribution in [0.2, 0.25) is 5.02 Å². The Morgan fingerprint density at radius 2 is 1.88 bits per heavy atom. The number of halogens is 1. The third-order valence-electron chi connectivity index (χ3n) is 5.29. The van der Waals surface area contributed by atoms with E-state index in [2.05, 4.69) is 5.32 Å². The Labute approximate surface area is 208 Å². The van der Waals surface area contributed by atoms with Gasteiger partial charge in [-0.05, 0) is 54.4 Å². The van der Waals surface area contributed by atoms with Crippen molar-refractivity contribution < 1.29 is 14.3 Å². The predicted molar refractivity (Wildman–Crippen MR) is 138 cm³/mol. The van der Waals surface area contributed by atoms with Gasteiger partial charge in [-0.15, -0.1) is 0 Å². The van der Waals surface area contributed by atoms with Gasteiger partial charge in [0.15, 0.2) is 5.17 Å². The lowest BCUT2D eigenvalue weighted by molar-refractivity contribution is -0.129. The van der Waals surface area contributed by atoms with Crippen molar-refractivity contribution in [3.8, 4) is 5.75 Å². The van der Waals surface area contributed by atoms with Crippen LogP contribution in [0.25, 0.3) is 0 Å². The summed E-state index contributed by atoms with van der Waals surface area (Å²) in [4.78, 5) is 32.5. The van der Waals surface area contributed by atoms with Crippen molar-refractivity contribution >= 4 is 51.7 Å². The van der Waals surface area contributed by atoms with Crippen molar-refractivity contribution in [2.45, 2.75) is 18.1 Å². The largest absolute Gasteiger partial charge is 0.497 e. The number of aliphatic imine (C=N–C) groups is 1. The van der Waals surface area contributed by atoms with Crippen molar-refractivity contribution in [3.05, 3.63) is 89.4 Å². The van der Waals surface area contributed by atoms with Crippen LogP contribution in [0, 0.1) is 0 Å². The molecule has 1 unspecified atom stereocenters. The minimum absolute atomic E-state index is 0.0908. The molecule has 0 radical (unpaired) electrons. The molecule has 34 heavy (non-hydrogen) atoms. The molecule has 3 aromatic rings. The van der Waals surface area contributed by atoms with E-state index in [1.165, 1.54) is 11.8 Å². The van der Waals surface area contributed by atoms with Crippen LogP contribution in [0.5, 0.6) is 5.75 Å². The normalized spacial score (nSPS) is 17.0. The molecule has 0 bridgehead atoms. The summed E-state index contributed by atoms with van der Waals surface area (Å²) in [5.41, 5.74) is 2.40. The maximum absolute atomic E-state index is 13.1. The average Bonchev–Trinajstić information content (AvgIpc) is 2.84. The Morgan fingerprint density at radius 3 is 2.59 bits per heavy atom. The second-order valence-electron chi connectivity index (χ2n) is 7.68. The fraction of sp³-hybridized carbons (Fsp3) is 0.192. The van der Waals surface area contributed by atoms with Crippen LogP contribution in [0.1, 0.15) is 12.0 Å². The smallest absolute Gasteiger partial charge is 0.238 e. The first-order valence-electron chi connectivity index (χ1n) is 10.8. The molecule has 1 heterocycles. The predicted octanol–water partition coefficient (Wildman–Crippen LogP) is 5.55. The molecule has 3 aromatic carbocycles. The monoisotopic (exact) mass is 493 g/mol. The zero-order chi connectivity index (χ0) is 23.9. The summed E-state index contributed by atoms with van der Waals surface area (Å²) < 4.78 is 5.22. The molecule has 1 aliphatic rings. The molecule has 0 spiro atoms. The van der Waals surface area contributed by atoms with E-state index < -0.39 is 5.25 Å². The SMILES string of the molecule is COc1ccc(N=C2SC(C(=O)Nc3cccc(Cl)c3)CC(=O)N2CCc2ccccc2)cc1. The quantitative estimate of drug-likeness (QED) is 0.468. The van der Waals surface area contributed by atoms with E-state index in [4.69, 9.17) is 21.3 Å². The van der Waals surface area contributed by atoms with Gasteiger partial charge in [0.1, 0.15) is 11.0 Å². The number of hydrogen-bond acceptors (Lipinski definition) is 5. The molecule has 0 saturated carbocycles. The molecule has 1 atom stereocenters. The summed E-state index contributed by atoms with van der Waals surface area (Å²) in [6.07, 6.45) is 0.779. The van der Waals surface area contributed by atoms with Gasteiger partial charge in [-0.1, -0.05) is 59.8 Å². The Morgan fingerprint density at radius 1 is 1.12 bits per heavy atom. The van der Waals surface area contributed by atoms with Gasteiger partial charge in [-0.3, -0.25) is 14.5 Å². The molecule has 1 aliphatic heterocycles. The number of anilines is 1. The molecule has 0 aromatic heterocycles. The molecule has 2 amide bonds. The average molecular weight is 494 g/mol. The van der Waals surface area contributed by atoms with E-state index in [0.29, 0.717) is 34.5 Å². The highest BCUT2D eigenvalue weighted by Crippen LogP contribution is 2.31. The standard InChI is InChI=1S/C26H24ClN3O3S/c1-33-22-12-10-20(11-13-22)29-26-30(15-14-18-6-3-2-4-7-18)24(31)17-23(34-26)25(32)28-21-9-5-8-19(27)16-21/h2-13,16,23H,14-15,17H2,1H3,(H,28,32). The summed E-state index contributed by atoms with van der Waals surface area (Å²) in [5.74, 6) is 0.329. The van der Waals surface area contributed by atoms with Crippen molar-refractivity contribution in [1.82, 2.24) is 4.90 Å². The third-order valence-corrected chi connectivity index (χ3v) is 6.71. The first-order chi connectivity index (χ1) is 16.5. The number of methoxy groups -OCH3 is 1. The van der Waals surface area contributed by atoms with Crippen LogP contribution in [0.15, 0.2) is 83.9 Å². The fourth-order valence-corrected chi connectivity index (χ4v) is 4.82. The number of amides is 2. The number of benzene rings is 3. The van der Waals surface area contributed by atoms with Gasteiger partial charge >= 0.3 is 0 Å². The number of hydrogen-bond donors (Lipinski definition) is 1. The maximum atomic E-state index is 13.1. The molecular weight excluding hydrogens is 470 g/mol. The van der Waals surface area contributed by atoms with E-state index in [-0.39, 0.29) is 18.2 Å². The van der Waals surface area contributed by atoms with Crippen LogP contribution in [0.4, 0.5) is 11.4 Å². The molecule has 0 aliphatic carbocycles. The Balaban J connectivity index is 1.55. The van der Waals surface area contributed by atoms with Crippen molar-refractivity contribution in [2.24, 2.45) is 4.99 Å². The van der Waals surface area contributed by atoms with E-state index in [1.807, 2.05) is 54.6 Å². The van der Waals surface area contributed by atoms with E-state index in [0.717, 1.165) is 11.3 Å². The summed E-state index contributed by atoms with van der Waals surface area (Å²) in [5, 5.41) is 3.29. The number of amidine groups is 1. The van der Waals surface area contributed by atoms with Crippen LogP contribution >= 0.6 is 23.4 Å². The molecule has 8 heteroatoms. The Kier molecular flexibility index (Phi) is 7.87. The minimum Gasteiger partial charge on any atom is -0.497 e. The lowest BCUT2D eigenvalue weighted by Crippen LogP contribution is -2.46. The number of nitrogens with zero attached hydrogens (tertiary/aromatic N) is 2. The number of carbonyl (C=O) groups is 2. The van der Waals surface area contributed by atoms with E-state index >= 15 is 0 Å². The van der Waals surface area contributed by atoms with Crippen molar-refractivity contribution in [3.63, 3.8) is 0 Å². The Hall–Kier alpha value is -3.29. The molecular formula is C26H24ClN3O3S. The lowest BCUT2D eigenvalue weighted by Gasteiger charge is -2.32. The van der Waals surface area contributed by atoms with Gasteiger partial charge < -0.3 is 10.1 Å². The van der Waals surface area contributed by atoms with Gasteiger partial charge in [-0.2, -0.15) is 0 Å². The first-order valence-corrected chi connectivity index (χ1v) is 12.1. The number of carbonyl (C=O) groups excluding carboxylic acids is 2.